The van der Waals surface area contributed by atoms with Gasteiger partial charge in [0.2, 0.25) is 11.8 Å². The van der Waals surface area contributed by atoms with E-state index >= 15 is 0 Å². The van der Waals surface area contributed by atoms with Gasteiger partial charge in [0.05, 0.1) is 0 Å². The lowest BCUT2D eigenvalue weighted by Gasteiger charge is -1.79. The summed E-state index contributed by atoms with van der Waals surface area (Å²) in [4.78, 5) is 20.2. The highest BCUT2D eigenvalue weighted by atomic mass is 16.2. The lowest BCUT2D eigenvalue weighted by Crippen LogP contribution is -2.18. The van der Waals surface area contributed by atoms with E-state index in [1.807, 2.05) is 0 Å². The highest BCUT2D eigenvalue weighted by Gasteiger charge is 2.15. The molecule has 1 heterocycles. The summed E-state index contributed by atoms with van der Waals surface area (Å²) in [5.41, 5.74) is 0. The fourth-order valence-electron chi connectivity index (χ4n) is 0.508. The predicted molar refractivity (Wildman–Crippen MR) is 42.8 cm³/mol. The minimum absolute atomic E-state index is 0.148. The molecule has 0 aromatic rings. The monoisotopic (exact) mass is 153 g/mol. The van der Waals surface area contributed by atoms with E-state index in [1.54, 1.807) is 12.2 Å². The summed E-state index contributed by atoms with van der Waals surface area (Å²) in [6, 6.07) is 0. The molecule has 1 aliphatic rings. The van der Waals surface area contributed by atoms with E-state index in [1.165, 1.54) is 0 Å². The molecule has 3 nitrogen and oxygen atoms in total. The molecular weight excluding hydrogens is 142 g/mol. The van der Waals surface area contributed by atoms with Crippen LogP contribution in [0, 0.1) is 0 Å². The molecule has 1 N–H and O–H groups in total. The summed E-state index contributed by atoms with van der Waals surface area (Å²) >= 11 is 0. The Morgan fingerprint density at radius 2 is 1.45 bits per heavy atom. The van der Waals surface area contributed by atoms with E-state index in [0.29, 0.717) is 12.8 Å². The summed E-state index contributed by atoms with van der Waals surface area (Å²) in [6.07, 6.45) is 4.03. The largest absolute Gasteiger partial charge is 0.296 e. The Kier molecular flexibility index (Phi) is 4.73. The number of hydrogen-bond donors (Lipinski definition) is 1. The number of carbonyl (C=O) groups excluding carboxylic acids is 2. The van der Waals surface area contributed by atoms with Gasteiger partial charge in [-0.2, -0.15) is 0 Å². The Morgan fingerprint density at radius 3 is 1.55 bits per heavy atom. The molecule has 0 atom stereocenters. The minimum Gasteiger partial charge on any atom is -0.296 e. The van der Waals surface area contributed by atoms with E-state index in [9.17, 15) is 9.59 Å². The Bertz CT molecular complexity index is 165. The Hall–Kier alpha value is -1.38. The first-order valence-corrected chi connectivity index (χ1v) is 3.27. The molecule has 0 spiro atoms. The zero-order chi connectivity index (χ0) is 8.69. The smallest absolute Gasteiger partial charge is 0.227 e. The Balaban J connectivity index is 0.000000218. The molecule has 0 aliphatic carbocycles. The molecule has 0 bridgehead atoms. The molecule has 2 amide bonds. The third-order valence-corrected chi connectivity index (χ3v) is 1.02. The highest BCUT2D eigenvalue weighted by molar-refractivity contribution is 6.01. The molecule has 1 fully saturated rings. The number of nitrogens with one attached hydrogen (secondary N) is 1. The third kappa shape index (κ3) is 5.08. The van der Waals surface area contributed by atoms with Gasteiger partial charge in [0.25, 0.3) is 0 Å². The molecule has 0 saturated carbocycles. The van der Waals surface area contributed by atoms with E-state index in [0.717, 1.165) is 0 Å². The summed E-state index contributed by atoms with van der Waals surface area (Å²) in [5.74, 6) is -0.296. The lowest BCUT2D eigenvalue weighted by molar-refractivity contribution is -0.124. The van der Waals surface area contributed by atoms with Gasteiger partial charge < -0.3 is 0 Å². The number of hydrogen-bond acceptors (Lipinski definition) is 2. The molecule has 0 aromatic carbocycles. The van der Waals surface area contributed by atoms with Crippen LogP contribution in [0.5, 0.6) is 0 Å². The van der Waals surface area contributed by atoms with E-state index in [2.05, 4.69) is 18.5 Å². The van der Waals surface area contributed by atoms with Crippen molar-refractivity contribution in [3.05, 3.63) is 25.3 Å². The summed E-state index contributed by atoms with van der Waals surface area (Å²) < 4.78 is 0. The second-order valence-corrected chi connectivity index (χ2v) is 1.94. The maximum absolute atomic E-state index is 10.1. The maximum Gasteiger partial charge on any atom is 0.227 e. The van der Waals surface area contributed by atoms with Crippen molar-refractivity contribution >= 4 is 11.8 Å². The van der Waals surface area contributed by atoms with Crippen LogP contribution in [-0.2, 0) is 9.59 Å². The van der Waals surface area contributed by atoms with Crippen LogP contribution in [0.4, 0.5) is 0 Å². The highest BCUT2D eigenvalue weighted by Crippen LogP contribution is 1.95. The van der Waals surface area contributed by atoms with Crippen LogP contribution in [0.25, 0.3) is 0 Å². The minimum atomic E-state index is -0.148. The van der Waals surface area contributed by atoms with Gasteiger partial charge in [0.15, 0.2) is 0 Å². The normalized spacial score (nSPS) is 14.5. The maximum atomic E-state index is 10.1. The van der Waals surface area contributed by atoms with E-state index < -0.39 is 0 Å². The number of imide groups is 1. The first-order valence-electron chi connectivity index (χ1n) is 3.27. The lowest BCUT2D eigenvalue weighted by atomic mass is 10.4. The van der Waals surface area contributed by atoms with Gasteiger partial charge in [0, 0.05) is 12.8 Å². The summed E-state index contributed by atoms with van der Waals surface area (Å²) in [7, 11) is 0. The van der Waals surface area contributed by atoms with Crippen molar-refractivity contribution in [2.75, 3.05) is 0 Å². The second kappa shape index (κ2) is 5.41. The number of allylic oxidation sites excluding steroid dienone is 2. The van der Waals surface area contributed by atoms with Crippen molar-refractivity contribution in [2.24, 2.45) is 0 Å². The van der Waals surface area contributed by atoms with E-state index in [4.69, 9.17) is 0 Å². The second-order valence-electron chi connectivity index (χ2n) is 1.94. The fraction of sp³-hybridized carbons (Fsp3) is 0.250. The van der Waals surface area contributed by atoms with Crippen molar-refractivity contribution < 1.29 is 9.59 Å². The SMILES string of the molecule is C=CC=C.O=C1CCC(=O)N1. The van der Waals surface area contributed by atoms with Gasteiger partial charge >= 0.3 is 0 Å². The van der Waals surface area contributed by atoms with Crippen molar-refractivity contribution in [3.8, 4) is 0 Å². The van der Waals surface area contributed by atoms with Crippen molar-refractivity contribution in [1.29, 1.82) is 0 Å². The number of rotatable bonds is 1. The van der Waals surface area contributed by atoms with Gasteiger partial charge in [-0.1, -0.05) is 25.3 Å². The van der Waals surface area contributed by atoms with Crippen LogP contribution in [-0.4, -0.2) is 11.8 Å². The topological polar surface area (TPSA) is 46.2 Å². The van der Waals surface area contributed by atoms with Crippen molar-refractivity contribution in [2.45, 2.75) is 12.8 Å². The number of carbonyl (C=O) groups is 2. The Labute approximate surface area is 65.8 Å². The molecule has 1 rings (SSSR count). The van der Waals surface area contributed by atoms with Crippen LogP contribution >= 0.6 is 0 Å². The molecular formula is C8H11NO2. The molecule has 11 heavy (non-hydrogen) atoms. The van der Waals surface area contributed by atoms with E-state index in [-0.39, 0.29) is 11.8 Å². The van der Waals surface area contributed by atoms with Crippen LogP contribution in [0.1, 0.15) is 12.8 Å². The molecule has 1 aliphatic heterocycles. The van der Waals surface area contributed by atoms with Crippen LogP contribution in [0.3, 0.4) is 0 Å². The Morgan fingerprint density at radius 1 is 1.09 bits per heavy atom. The first kappa shape index (κ1) is 9.62. The van der Waals surface area contributed by atoms with Crippen LogP contribution in [0.15, 0.2) is 25.3 Å². The van der Waals surface area contributed by atoms with Crippen molar-refractivity contribution in [1.82, 2.24) is 5.32 Å². The zero-order valence-corrected chi connectivity index (χ0v) is 6.30. The fourth-order valence-corrected chi connectivity index (χ4v) is 0.508. The van der Waals surface area contributed by atoms with Gasteiger partial charge in [-0.25, -0.2) is 0 Å². The van der Waals surface area contributed by atoms with Gasteiger partial charge in [0.1, 0.15) is 0 Å². The number of amides is 2. The average molecular weight is 153 g/mol. The van der Waals surface area contributed by atoms with Crippen molar-refractivity contribution in [3.63, 3.8) is 0 Å². The summed E-state index contributed by atoms with van der Waals surface area (Å²) in [5, 5.41) is 2.14. The molecule has 3 heteroatoms. The van der Waals surface area contributed by atoms with Gasteiger partial charge in [-0.15, -0.1) is 0 Å². The molecule has 60 valence electrons. The first-order chi connectivity index (χ1) is 5.20. The van der Waals surface area contributed by atoms with Gasteiger partial charge in [-0.3, -0.25) is 14.9 Å². The van der Waals surface area contributed by atoms with Crippen LogP contribution in [0.2, 0.25) is 0 Å². The average Bonchev–Trinajstić information content (AvgIpc) is 2.35. The van der Waals surface area contributed by atoms with Gasteiger partial charge in [-0.05, 0) is 0 Å². The third-order valence-electron chi connectivity index (χ3n) is 1.02. The molecule has 0 aromatic heterocycles. The molecule has 1 saturated heterocycles. The molecule has 0 radical (unpaired) electrons. The summed E-state index contributed by atoms with van der Waals surface area (Å²) in [6.45, 7) is 6.72. The van der Waals surface area contributed by atoms with Crippen LogP contribution < -0.4 is 5.32 Å². The zero-order valence-electron chi connectivity index (χ0n) is 6.30. The molecule has 0 unspecified atom stereocenters. The quantitative estimate of drug-likeness (QED) is 0.447. The standard InChI is InChI=1S/C4H5NO2.C4H6/c6-3-1-2-4(7)5-3;1-3-4-2/h1-2H2,(H,5,6,7);3-4H,1-2H2. The predicted octanol–water partition coefficient (Wildman–Crippen LogP) is 0.781.